The van der Waals surface area contributed by atoms with Gasteiger partial charge in [-0.25, -0.2) is 0 Å². The van der Waals surface area contributed by atoms with Crippen molar-refractivity contribution in [3.63, 3.8) is 0 Å². The van der Waals surface area contributed by atoms with Crippen molar-refractivity contribution >= 4 is 0 Å². The summed E-state index contributed by atoms with van der Waals surface area (Å²) in [7, 11) is 0. The first kappa shape index (κ1) is 14.5. The highest BCUT2D eigenvalue weighted by Crippen LogP contribution is 2.47. The fourth-order valence-electron chi connectivity index (χ4n) is 2.20. The molecule has 2 fully saturated rings. The van der Waals surface area contributed by atoms with Crippen molar-refractivity contribution in [2.75, 3.05) is 19.6 Å². The van der Waals surface area contributed by atoms with Crippen LogP contribution < -0.4 is 0 Å². The van der Waals surface area contributed by atoms with Crippen molar-refractivity contribution in [1.29, 1.82) is 0 Å². The Morgan fingerprint density at radius 1 is 1.07 bits per heavy atom. The van der Waals surface area contributed by atoms with Crippen LogP contribution in [0.15, 0.2) is 0 Å². The molecule has 0 atom stereocenters. The lowest BCUT2D eigenvalue weighted by Crippen LogP contribution is -2.59. The summed E-state index contributed by atoms with van der Waals surface area (Å²) in [5.41, 5.74) is 0.773. The molecule has 1 nitrogen and oxygen atoms in total. The molecule has 2 aliphatic rings. The summed E-state index contributed by atoms with van der Waals surface area (Å²) in [6, 6.07) is 0. The van der Waals surface area contributed by atoms with Crippen molar-refractivity contribution < 1.29 is 0 Å². The number of rotatable bonds is 1. The lowest BCUT2D eigenvalue weighted by molar-refractivity contribution is -0.0516. The molecule has 1 aliphatic heterocycles. The minimum atomic E-state index is 0.773. The number of hydrogen-bond donors (Lipinski definition) is 0. The third kappa shape index (κ3) is 3.87. The van der Waals surface area contributed by atoms with E-state index in [0.717, 1.165) is 12.0 Å². The predicted octanol–water partition coefficient (Wildman–Crippen LogP) is 3.55. The van der Waals surface area contributed by atoms with E-state index in [1.54, 1.807) is 0 Å². The van der Waals surface area contributed by atoms with Crippen LogP contribution in [0.5, 0.6) is 0 Å². The van der Waals surface area contributed by atoms with Crippen LogP contribution in [0, 0.1) is 17.3 Å². The topological polar surface area (TPSA) is 3.24 Å². The summed E-state index contributed by atoms with van der Waals surface area (Å²) in [5, 5.41) is 0. The van der Waals surface area contributed by atoms with Gasteiger partial charge in [0.1, 0.15) is 0 Å². The summed E-state index contributed by atoms with van der Waals surface area (Å²) < 4.78 is 0. The Morgan fingerprint density at radius 2 is 1.60 bits per heavy atom. The third-order valence-electron chi connectivity index (χ3n) is 3.01. The smallest absolute Gasteiger partial charge is 0.0601 e. The van der Waals surface area contributed by atoms with Gasteiger partial charge >= 0.3 is 0 Å². The molecular formula is C14H27N. The van der Waals surface area contributed by atoms with Crippen LogP contribution >= 0.6 is 0 Å². The summed E-state index contributed by atoms with van der Waals surface area (Å²) in [5.74, 6) is 6.05. The normalized spacial score (nSPS) is 20.3. The third-order valence-corrected chi connectivity index (χ3v) is 3.01. The highest BCUT2D eigenvalue weighted by atomic mass is 15.2. The lowest BCUT2D eigenvalue weighted by atomic mass is 9.63. The van der Waals surface area contributed by atoms with Gasteiger partial charge < -0.3 is 0 Å². The van der Waals surface area contributed by atoms with Crippen molar-refractivity contribution in [3.8, 4) is 11.8 Å². The largest absolute Gasteiger partial charge is 0.291 e. The van der Waals surface area contributed by atoms with Crippen molar-refractivity contribution in [2.45, 2.75) is 53.9 Å². The standard InChI is InChI=1S/C10H15N.2C2H6/c1-2-3-7-11-8-10(9-11)5-4-6-10;2*1-2/h4-9H2,1H3;2*1-2H3. The molecule has 1 saturated carbocycles. The van der Waals surface area contributed by atoms with Crippen molar-refractivity contribution in [1.82, 2.24) is 4.90 Å². The van der Waals surface area contributed by atoms with E-state index in [0.29, 0.717) is 0 Å². The molecule has 1 heteroatoms. The maximum atomic E-state index is 3.11. The average Bonchev–Trinajstić information content (AvgIpc) is 2.20. The van der Waals surface area contributed by atoms with Crippen LogP contribution in [0.2, 0.25) is 0 Å². The monoisotopic (exact) mass is 209 g/mol. The molecule has 1 spiro atoms. The van der Waals surface area contributed by atoms with Gasteiger partial charge in [0.2, 0.25) is 0 Å². The molecule has 1 aliphatic carbocycles. The SMILES string of the molecule is CC.CC.CC#CCN1CC2(CCC2)C1. The second kappa shape index (κ2) is 7.77. The zero-order chi connectivity index (χ0) is 11.7. The van der Waals surface area contributed by atoms with E-state index in [4.69, 9.17) is 0 Å². The van der Waals surface area contributed by atoms with Gasteiger partial charge in [0.15, 0.2) is 0 Å². The zero-order valence-electron chi connectivity index (χ0n) is 11.2. The lowest BCUT2D eigenvalue weighted by Gasteiger charge is -2.55. The average molecular weight is 209 g/mol. The molecule has 15 heavy (non-hydrogen) atoms. The molecule has 0 aromatic carbocycles. The fraction of sp³-hybridized carbons (Fsp3) is 0.857. The molecule has 0 amide bonds. The molecule has 0 aromatic rings. The van der Waals surface area contributed by atoms with E-state index in [-0.39, 0.29) is 0 Å². The predicted molar refractivity (Wildman–Crippen MR) is 68.9 cm³/mol. The Balaban J connectivity index is 0.000000442. The van der Waals surface area contributed by atoms with Crippen LogP contribution in [0.4, 0.5) is 0 Å². The van der Waals surface area contributed by atoms with E-state index in [1.807, 2.05) is 34.6 Å². The molecule has 0 N–H and O–H groups in total. The first-order valence-corrected chi connectivity index (χ1v) is 6.47. The fourth-order valence-corrected chi connectivity index (χ4v) is 2.20. The number of likely N-dealkylation sites (tertiary alicyclic amines) is 1. The Morgan fingerprint density at radius 3 is 1.93 bits per heavy atom. The first-order chi connectivity index (χ1) is 7.35. The minimum absolute atomic E-state index is 0.773. The number of hydrogen-bond acceptors (Lipinski definition) is 1. The molecule has 0 bridgehead atoms. The maximum Gasteiger partial charge on any atom is 0.0601 e. The summed E-state index contributed by atoms with van der Waals surface area (Å²) in [6.45, 7) is 13.6. The van der Waals surface area contributed by atoms with Gasteiger partial charge in [-0.1, -0.05) is 40.0 Å². The van der Waals surface area contributed by atoms with E-state index < -0.39 is 0 Å². The van der Waals surface area contributed by atoms with Crippen LogP contribution in [0.25, 0.3) is 0 Å². The molecule has 0 aromatic heterocycles. The number of nitrogens with zero attached hydrogens (tertiary/aromatic N) is 1. The Bertz CT molecular complexity index is 197. The van der Waals surface area contributed by atoms with Gasteiger partial charge in [-0.05, 0) is 25.2 Å². The van der Waals surface area contributed by atoms with Crippen molar-refractivity contribution in [3.05, 3.63) is 0 Å². The maximum absolute atomic E-state index is 3.11. The summed E-state index contributed by atoms with van der Waals surface area (Å²) in [6.07, 6.45) is 4.42. The quantitative estimate of drug-likeness (QED) is 0.597. The van der Waals surface area contributed by atoms with E-state index >= 15 is 0 Å². The first-order valence-electron chi connectivity index (χ1n) is 6.47. The second-order valence-electron chi connectivity index (χ2n) is 3.93. The molecule has 0 unspecified atom stereocenters. The van der Waals surface area contributed by atoms with Crippen LogP contribution in [0.3, 0.4) is 0 Å². The Kier molecular flexibility index (Phi) is 7.52. The van der Waals surface area contributed by atoms with Gasteiger partial charge in [0.05, 0.1) is 6.54 Å². The molecular weight excluding hydrogens is 182 g/mol. The van der Waals surface area contributed by atoms with Gasteiger partial charge in [-0.2, -0.15) is 0 Å². The van der Waals surface area contributed by atoms with E-state index in [1.165, 1.54) is 32.4 Å². The molecule has 0 radical (unpaired) electrons. The van der Waals surface area contributed by atoms with Gasteiger partial charge in [0.25, 0.3) is 0 Å². The van der Waals surface area contributed by atoms with Crippen LogP contribution in [-0.4, -0.2) is 24.5 Å². The summed E-state index contributed by atoms with van der Waals surface area (Å²) >= 11 is 0. The Hall–Kier alpha value is -0.480. The molecule has 88 valence electrons. The highest BCUT2D eigenvalue weighted by molar-refractivity contribution is 5.06. The molecule has 2 rings (SSSR count). The van der Waals surface area contributed by atoms with Gasteiger partial charge in [0, 0.05) is 13.1 Å². The second-order valence-corrected chi connectivity index (χ2v) is 3.93. The highest BCUT2D eigenvalue weighted by Gasteiger charge is 2.46. The minimum Gasteiger partial charge on any atom is -0.291 e. The van der Waals surface area contributed by atoms with Crippen LogP contribution in [-0.2, 0) is 0 Å². The van der Waals surface area contributed by atoms with E-state index in [9.17, 15) is 0 Å². The summed E-state index contributed by atoms with van der Waals surface area (Å²) in [4.78, 5) is 2.45. The van der Waals surface area contributed by atoms with Crippen molar-refractivity contribution in [2.24, 2.45) is 5.41 Å². The van der Waals surface area contributed by atoms with Crippen LogP contribution in [0.1, 0.15) is 53.9 Å². The van der Waals surface area contributed by atoms with Gasteiger partial charge in [-0.15, -0.1) is 5.92 Å². The zero-order valence-corrected chi connectivity index (χ0v) is 11.2. The molecule has 1 saturated heterocycles. The van der Waals surface area contributed by atoms with E-state index in [2.05, 4.69) is 16.7 Å². The molecule has 1 heterocycles. The van der Waals surface area contributed by atoms with Gasteiger partial charge in [-0.3, -0.25) is 4.90 Å². The Labute approximate surface area is 96.2 Å².